The number of aliphatic hydroxyl groups excluding tert-OH is 2. The Balaban J connectivity index is 2.40. The van der Waals surface area contributed by atoms with Crippen LogP contribution in [0.4, 0.5) is 9.59 Å². The Morgan fingerprint density at radius 3 is 1.07 bits per heavy atom. The van der Waals surface area contributed by atoms with E-state index in [4.69, 9.17) is 18.9 Å². The van der Waals surface area contributed by atoms with Gasteiger partial charge in [-0.15, -0.1) is 0 Å². The number of hydrogen-bond donors (Lipinski definition) is 2. The van der Waals surface area contributed by atoms with E-state index in [2.05, 4.69) is 27.7 Å². The van der Waals surface area contributed by atoms with Crippen LogP contribution in [-0.2, 0) is 18.9 Å². The Bertz CT molecular complexity index is 675. The maximum Gasteiger partial charge on any atom is 0.325 e. The highest BCUT2D eigenvalue weighted by Crippen LogP contribution is 2.31. The maximum absolute atomic E-state index is 13.9. The van der Waals surface area contributed by atoms with E-state index >= 15 is 0 Å². The molecule has 2 fully saturated rings. The number of unbranched alkanes of at least 4 members (excludes halogenated alkanes) is 4. The zero-order valence-corrected chi connectivity index (χ0v) is 25.9. The van der Waals surface area contributed by atoms with Crippen LogP contribution in [0.5, 0.6) is 0 Å². The summed E-state index contributed by atoms with van der Waals surface area (Å²) < 4.78 is 25.0. The fourth-order valence-corrected chi connectivity index (χ4v) is 4.84. The summed E-state index contributed by atoms with van der Waals surface area (Å²) in [6.45, 7) is 10.6. The van der Waals surface area contributed by atoms with Gasteiger partial charge in [0, 0.05) is 52.7 Å². The molecule has 0 radical (unpaired) electrons. The first kappa shape index (κ1) is 35.5. The molecule has 0 saturated carbocycles. The molecule has 0 bridgehead atoms. The summed E-state index contributed by atoms with van der Waals surface area (Å²) in [7, 11) is 0. The van der Waals surface area contributed by atoms with Crippen molar-refractivity contribution >= 4 is 12.1 Å². The number of nitrogens with zero attached hydrogens (tertiary/aromatic N) is 4. The number of amides is 4. The highest BCUT2D eigenvalue weighted by atomic mass is 16.6. The lowest BCUT2D eigenvalue weighted by Crippen LogP contribution is -2.50. The SMILES string of the molecule is CCCCOC1C(OCCCC)N(CN2C(=O)N(CCCO)C(OCCCC)C2OCCCC)C(=O)N1CCCO. The van der Waals surface area contributed by atoms with Crippen LogP contribution in [0, 0.1) is 0 Å². The maximum atomic E-state index is 13.9. The Morgan fingerprint density at radius 1 is 0.512 bits per heavy atom. The first-order valence-corrected chi connectivity index (χ1v) is 15.8. The van der Waals surface area contributed by atoms with Crippen LogP contribution in [0.15, 0.2) is 0 Å². The van der Waals surface area contributed by atoms with Crippen LogP contribution in [0.1, 0.15) is 91.9 Å². The number of ether oxygens (including phenoxy) is 4. The summed E-state index contributed by atoms with van der Waals surface area (Å²) in [6.07, 6.45) is 5.15. The second-order valence-corrected chi connectivity index (χ2v) is 10.6. The van der Waals surface area contributed by atoms with Crippen LogP contribution in [-0.4, -0.2) is 126 Å². The number of rotatable bonds is 24. The molecule has 2 saturated heterocycles. The third kappa shape index (κ3) is 10.2. The molecule has 4 unspecified atom stereocenters. The summed E-state index contributed by atoms with van der Waals surface area (Å²) in [6, 6.07) is -0.613. The molecule has 2 rings (SSSR count). The first-order valence-electron chi connectivity index (χ1n) is 15.8. The molecule has 240 valence electrons. The second-order valence-electron chi connectivity index (χ2n) is 10.6. The molecule has 0 aromatic carbocycles. The Kier molecular flexibility index (Phi) is 17.5. The fourth-order valence-electron chi connectivity index (χ4n) is 4.84. The zero-order valence-electron chi connectivity index (χ0n) is 25.9. The summed E-state index contributed by atoms with van der Waals surface area (Å²) >= 11 is 0. The summed E-state index contributed by atoms with van der Waals surface area (Å²) in [4.78, 5) is 34.0. The smallest absolute Gasteiger partial charge is 0.325 e. The molecule has 0 aliphatic carbocycles. The van der Waals surface area contributed by atoms with E-state index in [0.29, 0.717) is 52.4 Å². The van der Waals surface area contributed by atoms with Crippen LogP contribution in [0.2, 0.25) is 0 Å². The second kappa shape index (κ2) is 20.2. The quantitative estimate of drug-likeness (QED) is 0.163. The van der Waals surface area contributed by atoms with Crippen LogP contribution < -0.4 is 0 Å². The van der Waals surface area contributed by atoms with Gasteiger partial charge in [-0.1, -0.05) is 53.4 Å². The molecule has 4 amide bonds. The van der Waals surface area contributed by atoms with Gasteiger partial charge < -0.3 is 29.2 Å². The molecule has 12 nitrogen and oxygen atoms in total. The lowest BCUT2D eigenvalue weighted by atomic mass is 10.3. The average molecular weight is 589 g/mol. The topological polar surface area (TPSA) is 124 Å². The average Bonchev–Trinajstić information content (AvgIpc) is 3.36. The Labute approximate surface area is 246 Å². The minimum atomic E-state index is -0.723. The summed E-state index contributed by atoms with van der Waals surface area (Å²) in [5.41, 5.74) is 0. The van der Waals surface area contributed by atoms with Crippen molar-refractivity contribution in [2.75, 3.05) is 59.4 Å². The minimum absolute atomic E-state index is 0.0542. The molecule has 4 atom stereocenters. The van der Waals surface area contributed by atoms with Gasteiger partial charge in [0.05, 0.1) is 0 Å². The van der Waals surface area contributed by atoms with Crippen LogP contribution >= 0.6 is 0 Å². The predicted molar refractivity (Wildman–Crippen MR) is 155 cm³/mol. The molecule has 2 N–H and O–H groups in total. The van der Waals surface area contributed by atoms with E-state index in [1.54, 1.807) is 19.6 Å². The largest absolute Gasteiger partial charge is 0.396 e. The zero-order chi connectivity index (χ0) is 30.0. The molecule has 12 heteroatoms. The van der Waals surface area contributed by atoms with E-state index in [1.165, 1.54) is 0 Å². The minimum Gasteiger partial charge on any atom is -0.396 e. The molecule has 0 spiro atoms. The third-order valence-corrected chi connectivity index (χ3v) is 7.26. The Hall–Kier alpha value is -1.70. The molecule has 41 heavy (non-hydrogen) atoms. The van der Waals surface area contributed by atoms with Crippen molar-refractivity contribution in [3.63, 3.8) is 0 Å². The normalized spacial score (nSPS) is 23.1. The van der Waals surface area contributed by atoms with E-state index in [0.717, 1.165) is 51.4 Å². The van der Waals surface area contributed by atoms with Crippen molar-refractivity contribution < 1.29 is 38.7 Å². The van der Waals surface area contributed by atoms with E-state index < -0.39 is 24.9 Å². The standard InChI is InChI=1S/C29H56N4O8/c1-5-9-19-38-24-26(40-21-11-7-3)32(28(36)30(24)15-13-17-34)23-33-27(41-22-12-8-4)25(39-20-10-6-2)31(29(33)37)16-14-18-35/h24-27,34-35H,5-23H2,1-4H3. The van der Waals surface area contributed by atoms with Gasteiger partial charge in [-0.25, -0.2) is 9.59 Å². The van der Waals surface area contributed by atoms with Gasteiger partial charge in [-0.3, -0.25) is 19.6 Å². The van der Waals surface area contributed by atoms with Gasteiger partial charge >= 0.3 is 12.1 Å². The van der Waals surface area contributed by atoms with Crippen LogP contribution in [0.3, 0.4) is 0 Å². The first-order chi connectivity index (χ1) is 20.0. The summed E-state index contributed by atoms with van der Waals surface area (Å²) in [5, 5.41) is 19.0. The number of hydrogen-bond acceptors (Lipinski definition) is 8. The molecular weight excluding hydrogens is 532 g/mol. The fraction of sp³-hybridized carbons (Fsp3) is 0.931. The molecule has 0 aromatic heterocycles. The molecule has 2 aliphatic heterocycles. The third-order valence-electron chi connectivity index (χ3n) is 7.26. The van der Waals surface area contributed by atoms with Crippen molar-refractivity contribution in [2.45, 2.75) is 117 Å². The molecule has 2 aliphatic rings. The van der Waals surface area contributed by atoms with Gasteiger partial charge in [-0.2, -0.15) is 0 Å². The van der Waals surface area contributed by atoms with Crippen molar-refractivity contribution in [3.8, 4) is 0 Å². The van der Waals surface area contributed by atoms with Crippen molar-refractivity contribution in [2.24, 2.45) is 0 Å². The monoisotopic (exact) mass is 588 g/mol. The van der Waals surface area contributed by atoms with E-state index in [1.807, 2.05) is 0 Å². The van der Waals surface area contributed by atoms with Gasteiger partial charge in [0.25, 0.3) is 0 Å². The van der Waals surface area contributed by atoms with Gasteiger partial charge in [0.2, 0.25) is 0 Å². The summed E-state index contributed by atoms with van der Waals surface area (Å²) in [5.74, 6) is 0. The molecule has 2 heterocycles. The number of urea groups is 2. The van der Waals surface area contributed by atoms with Crippen molar-refractivity contribution in [1.82, 2.24) is 19.6 Å². The Morgan fingerprint density at radius 2 is 0.805 bits per heavy atom. The van der Waals surface area contributed by atoms with Gasteiger partial charge in [-0.05, 0) is 38.5 Å². The number of aliphatic hydroxyl groups is 2. The lowest BCUT2D eigenvalue weighted by Gasteiger charge is -2.32. The van der Waals surface area contributed by atoms with Gasteiger partial charge in [0.15, 0.2) is 24.9 Å². The van der Waals surface area contributed by atoms with E-state index in [9.17, 15) is 19.8 Å². The van der Waals surface area contributed by atoms with Crippen molar-refractivity contribution in [3.05, 3.63) is 0 Å². The lowest BCUT2D eigenvalue weighted by molar-refractivity contribution is -0.160. The number of carbonyl (C=O) groups excluding carboxylic acids is 2. The number of carbonyl (C=O) groups is 2. The van der Waals surface area contributed by atoms with Gasteiger partial charge in [0.1, 0.15) is 6.67 Å². The van der Waals surface area contributed by atoms with Crippen molar-refractivity contribution in [1.29, 1.82) is 0 Å². The molecular formula is C29H56N4O8. The molecule has 0 aromatic rings. The highest BCUT2D eigenvalue weighted by molar-refractivity contribution is 5.80. The predicted octanol–water partition coefficient (Wildman–Crippen LogP) is 3.76. The highest BCUT2D eigenvalue weighted by Gasteiger charge is 2.53. The van der Waals surface area contributed by atoms with Crippen LogP contribution in [0.25, 0.3) is 0 Å². The van der Waals surface area contributed by atoms with E-state index in [-0.39, 0.29) is 31.9 Å².